The Kier molecular flexibility index (Phi) is 7.39. The number of aryl methyl sites for hydroxylation is 1. The predicted octanol–water partition coefficient (Wildman–Crippen LogP) is 3.09. The third kappa shape index (κ3) is 4.97. The second-order valence-corrected chi connectivity index (χ2v) is 12.3. The zero-order valence-corrected chi connectivity index (χ0v) is 22.5. The van der Waals surface area contributed by atoms with Gasteiger partial charge in [-0.15, -0.1) is 11.3 Å². The van der Waals surface area contributed by atoms with Crippen LogP contribution in [-0.4, -0.2) is 55.5 Å². The summed E-state index contributed by atoms with van der Waals surface area (Å²) in [6, 6.07) is 4.93. The molecule has 3 aromatic rings. The molecule has 1 aromatic carbocycles. The van der Waals surface area contributed by atoms with Gasteiger partial charge < -0.3 is 14.8 Å². The molecule has 194 valence electrons. The Bertz CT molecular complexity index is 1450. The molecule has 36 heavy (non-hydrogen) atoms. The number of carbonyl (C=O) groups excluding carboxylic acids is 1. The molecular weight excluding hydrogens is 504 g/mol. The fourth-order valence-electron chi connectivity index (χ4n) is 4.71. The average Bonchev–Trinajstić information content (AvgIpc) is 3.18. The molecule has 3 heterocycles. The summed E-state index contributed by atoms with van der Waals surface area (Å²) in [5.74, 6) is 0.922. The summed E-state index contributed by atoms with van der Waals surface area (Å²) in [6.45, 7) is 6.21. The topological polar surface area (TPSA) is 120 Å². The molecule has 1 N–H and O–H groups in total. The van der Waals surface area contributed by atoms with E-state index in [0.29, 0.717) is 40.0 Å². The van der Waals surface area contributed by atoms with Gasteiger partial charge in [-0.1, -0.05) is 13.8 Å². The summed E-state index contributed by atoms with van der Waals surface area (Å²) in [6.07, 6.45) is 2.23. The van der Waals surface area contributed by atoms with Crippen molar-refractivity contribution in [2.24, 2.45) is 11.8 Å². The highest BCUT2D eigenvalue weighted by molar-refractivity contribution is 7.89. The van der Waals surface area contributed by atoms with Crippen LogP contribution in [0, 0.1) is 18.8 Å². The van der Waals surface area contributed by atoms with Crippen molar-refractivity contribution in [3.05, 3.63) is 39.8 Å². The van der Waals surface area contributed by atoms with Crippen molar-refractivity contribution in [3.8, 4) is 11.5 Å². The van der Waals surface area contributed by atoms with Crippen molar-refractivity contribution in [3.63, 3.8) is 0 Å². The molecule has 1 fully saturated rings. The monoisotopic (exact) mass is 534 g/mol. The van der Waals surface area contributed by atoms with Crippen LogP contribution in [0.4, 0.5) is 5.69 Å². The number of piperidine rings is 1. The summed E-state index contributed by atoms with van der Waals surface area (Å²) < 4.78 is 40.4. The van der Waals surface area contributed by atoms with Gasteiger partial charge in [-0.2, -0.15) is 4.31 Å². The zero-order valence-electron chi connectivity index (χ0n) is 20.9. The lowest BCUT2D eigenvalue weighted by Gasteiger charge is -2.34. The van der Waals surface area contributed by atoms with Crippen LogP contribution in [-0.2, 0) is 21.4 Å². The summed E-state index contributed by atoms with van der Waals surface area (Å²) >= 11 is 1.16. The highest BCUT2D eigenvalue weighted by Gasteiger charge is 2.35. The lowest BCUT2D eigenvalue weighted by molar-refractivity contribution is -0.116. The second-order valence-electron chi connectivity index (χ2n) is 9.23. The van der Waals surface area contributed by atoms with Crippen LogP contribution in [0.2, 0.25) is 0 Å². The van der Waals surface area contributed by atoms with E-state index in [0.717, 1.165) is 22.3 Å². The number of ether oxygens (including phenoxy) is 2. The first-order valence-electron chi connectivity index (χ1n) is 11.6. The quantitative estimate of drug-likeness (QED) is 0.495. The minimum absolute atomic E-state index is 0.00659. The lowest BCUT2D eigenvalue weighted by atomic mass is 9.94. The number of hydrogen-bond donors (Lipinski definition) is 1. The van der Waals surface area contributed by atoms with E-state index in [1.54, 1.807) is 25.1 Å². The van der Waals surface area contributed by atoms with Crippen LogP contribution in [0.15, 0.2) is 34.2 Å². The number of thiophene rings is 1. The minimum Gasteiger partial charge on any atom is -0.497 e. The summed E-state index contributed by atoms with van der Waals surface area (Å²) in [5.41, 5.74) is -0.161. The third-order valence-electron chi connectivity index (χ3n) is 6.23. The van der Waals surface area contributed by atoms with E-state index in [1.807, 2.05) is 13.8 Å². The number of carbonyl (C=O) groups is 1. The molecule has 4 rings (SSSR count). The average molecular weight is 535 g/mol. The molecule has 1 saturated heterocycles. The Morgan fingerprint density at radius 3 is 2.53 bits per heavy atom. The van der Waals surface area contributed by atoms with E-state index in [1.165, 1.54) is 24.9 Å². The molecule has 10 nitrogen and oxygen atoms in total. The van der Waals surface area contributed by atoms with E-state index < -0.39 is 21.5 Å². The number of sulfonamides is 1. The van der Waals surface area contributed by atoms with Crippen molar-refractivity contribution in [2.45, 2.75) is 38.6 Å². The van der Waals surface area contributed by atoms with E-state index in [9.17, 15) is 18.0 Å². The van der Waals surface area contributed by atoms with Crippen LogP contribution < -0.4 is 20.3 Å². The van der Waals surface area contributed by atoms with Gasteiger partial charge in [0.25, 0.3) is 5.56 Å². The SMILES string of the molecule is COc1ccc(NC(=O)Cn2cnc3sc(C)c(S(=O)(=O)N4C[C@H](C)C[C@H](C)C4)c3c2=O)c(OC)c1. The van der Waals surface area contributed by atoms with Gasteiger partial charge in [-0.25, -0.2) is 13.4 Å². The number of methoxy groups -OCH3 is 2. The summed E-state index contributed by atoms with van der Waals surface area (Å²) in [7, 11) is -0.919. The van der Waals surface area contributed by atoms with Crippen LogP contribution in [0.1, 0.15) is 25.1 Å². The molecule has 0 bridgehead atoms. The van der Waals surface area contributed by atoms with Gasteiger partial charge in [-0.05, 0) is 37.3 Å². The molecule has 12 heteroatoms. The summed E-state index contributed by atoms with van der Waals surface area (Å²) in [4.78, 5) is 31.4. The first-order valence-corrected chi connectivity index (χ1v) is 13.8. The van der Waals surface area contributed by atoms with E-state index >= 15 is 0 Å². The molecule has 0 radical (unpaired) electrons. The molecule has 2 atom stereocenters. The van der Waals surface area contributed by atoms with Crippen molar-refractivity contribution in [1.29, 1.82) is 0 Å². The number of amides is 1. The van der Waals surface area contributed by atoms with E-state index in [2.05, 4.69) is 10.3 Å². The van der Waals surface area contributed by atoms with E-state index in [4.69, 9.17) is 9.47 Å². The number of anilines is 1. The van der Waals surface area contributed by atoms with Crippen molar-refractivity contribution in [1.82, 2.24) is 13.9 Å². The first kappa shape index (κ1) is 26.1. The Balaban J connectivity index is 1.67. The summed E-state index contributed by atoms with van der Waals surface area (Å²) in [5, 5.41) is 2.75. The normalized spacial score (nSPS) is 18.8. The van der Waals surface area contributed by atoms with Gasteiger partial charge >= 0.3 is 0 Å². The van der Waals surface area contributed by atoms with Crippen molar-refractivity contribution < 1.29 is 22.7 Å². The maximum Gasteiger partial charge on any atom is 0.263 e. The Morgan fingerprint density at radius 2 is 1.89 bits per heavy atom. The molecule has 1 aliphatic rings. The molecule has 1 aliphatic heterocycles. The molecule has 0 aliphatic carbocycles. The third-order valence-corrected chi connectivity index (χ3v) is 9.38. The highest BCUT2D eigenvalue weighted by atomic mass is 32.2. The van der Waals surface area contributed by atoms with Crippen LogP contribution in [0.3, 0.4) is 0 Å². The molecule has 0 spiro atoms. The van der Waals surface area contributed by atoms with Crippen LogP contribution in [0.25, 0.3) is 10.2 Å². The maximum absolute atomic E-state index is 13.7. The molecule has 0 saturated carbocycles. The van der Waals surface area contributed by atoms with Gasteiger partial charge in [0.15, 0.2) is 0 Å². The molecule has 1 amide bonds. The lowest BCUT2D eigenvalue weighted by Crippen LogP contribution is -2.42. The van der Waals surface area contributed by atoms with Crippen molar-refractivity contribution >= 4 is 43.2 Å². The highest BCUT2D eigenvalue weighted by Crippen LogP contribution is 2.35. The largest absolute Gasteiger partial charge is 0.497 e. The standard InChI is InChI=1S/C24H30N4O6S2/c1-14-8-15(2)11-28(10-14)36(31,32)22-16(3)35-23-21(22)24(30)27(13-25-23)12-20(29)26-18-7-6-17(33-4)9-19(18)34-5/h6-7,9,13-15H,8,10-12H2,1-5H3,(H,26,29)/t14-,15+. The minimum atomic E-state index is -3.91. The Hall–Kier alpha value is -2.96. The number of benzene rings is 1. The van der Waals surface area contributed by atoms with Crippen molar-refractivity contribution in [2.75, 3.05) is 32.6 Å². The van der Waals surface area contributed by atoms with Gasteiger partial charge in [0, 0.05) is 24.0 Å². The van der Waals surface area contributed by atoms with Gasteiger partial charge in [0.2, 0.25) is 15.9 Å². The van der Waals surface area contributed by atoms with Gasteiger partial charge in [0.1, 0.15) is 27.8 Å². The predicted molar refractivity (Wildman–Crippen MR) is 138 cm³/mol. The number of nitrogens with one attached hydrogen (secondary N) is 1. The Morgan fingerprint density at radius 1 is 1.19 bits per heavy atom. The number of nitrogens with zero attached hydrogens (tertiary/aromatic N) is 3. The molecular formula is C24H30N4O6S2. The van der Waals surface area contributed by atoms with Crippen LogP contribution >= 0.6 is 11.3 Å². The maximum atomic E-state index is 13.7. The Labute approximate surface area is 213 Å². The number of fused-ring (bicyclic) bond motifs is 1. The first-order chi connectivity index (χ1) is 17.0. The fraction of sp³-hybridized carbons (Fsp3) is 0.458. The van der Waals surface area contributed by atoms with Gasteiger partial charge in [0.05, 0.1) is 31.6 Å². The molecule has 0 unspecified atom stereocenters. The second kappa shape index (κ2) is 10.2. The number of aromatic nitrogens is 2. The number of hydrogen-bond acceptors (Lipinski definition) is 8. The smallest absolute Gasteiger partial charge is 0.263 e. The zero-order chi connectivity index (χ0) is 26.2. The fourth-order valence-corrected chi connectivity index (χ4v) is 8.06. The van der Waals surface area contributed by atoms with Crippen LogP contribution in [0.5, 0.6) is 11.5 Å². The molecule has 2 aromatic heterocycles. The number of rotatable bonds is 7. The van der Waals surface area contributed by atoms with E-state index in [-0.39, 0.29) is 28.7 Å². The van der Waals surface area contributed by atoms with Gasteiger partial charge in [-0.3, -0.25) is 14.2 Å².